The van der Waals surface area contributed by atoms with Gasteiger partial charge in [0.2, 0.25) is 0 Å². The van der Waals surface area contributed by atoms with Crippen molar-refractivity contribution in [3.63, 3.8) is 0 Å². The van der Waals surface area contributed by atoms with Crippen molar-refractivity contribution < 1.29 is 13.9 Å². The average Bonchev–Trinajstić information content (AvgIpc) is 3.14. The van der Waals surface area contributed by atoms with E-state index in [-0.39, 0.29) is 5.60 Å². The molecule has 0 aliphatic carbocycles. The van der Waals surface area contributed by atoms with Crippen LogP contribution in [0, 0.1) is 0 Å². The van der Waals surface area contributed by atoms with Crippen molar-refractivity contribution in [3.8, 4) is 0 Å². The Balaban J connectivity index is 1.38. The zero-order valence-electron chi connectivity index (χ0n) is 14.3. The second-order valence-corrected chi connectivity index (χ2v) is 7.49. The monoisotopic (exact) mass is 365 g/mol. The summed E-state index contributed by atoms with van der Waals surface area (Å²) in [5, 5.41) is 13.0. The van der Waals surface area contributed by atoms with Gasteiger partial charge in [0, 0.05) is 33.2 Å². The van der Waals surface area contributed by atoms with Crippen LogP contribution in [-0.4, -0.2) is 71.3 Å². The minimum atomic E-state index is -0.252. The first-order chi connectivity index (χ1) is 12.2. The molecule has 2 aliphatic rings. The highest BCUT2D eigenvalue weighted by Gasteiger charge is 2.38. The highest BCUT2D eigenvalue weighted by molar-refractivity contribution is 7.99. The minimum Gasteiger partial charge on any atom is -0.453 e. The molecule has 2 aliphatic heterocycles. The maximum absolute atomic E-state index is 6.06. The molecule has 0 aromatic carbocycles. The molecule has 25 heavy (non-hydrogen) atoms. The van der Waals surface area contributed by atoms with Crippen molar-refractivity contribution in [2.45, 2.75) is 22.4 Å². The van der Waals surface area contributed by atoms with Crippen LogP contribution in [0.3, 0.4) is 0 Å². The lowest BCUT2D eigenvalue weighted by molar-refractivity contribution is -0.136. The second kappa shape index (κ2) is 7.46. The van der Waals surface area contributed by atoms with Crippen molar-refractivity contribution in [3.05, 3.63) is 24.2 Å². The van der Waals surface area contributed by atoms with Gasteiger partial charge in [0.15, 0.2) is 10.2 Å². The van der Waals surface area contributed by atoms with Crippen molar-refractivity contribution in [1.82, 2.24) is 25.0 Å². The van der Waals surface area contributed by atoms with Gasteiger partial charge in [0.05, 0.1) is 26.4 Å². The molecule has 2 aromatic rings. The average molecular weight is 365 g/mol. The molecule has 1 spiro atoms. The van der Waals surface area contributed by atoms with Gasteiger partial charge in [-0.15, -0.1) is 10.2 Å². The Morgan fingerprint density at radius 3 is 3.20 bits per heavy atom. The number of furan rings is 1. The smallest absolute Gasteiger partial charge is 0.198 e. The Bertz CT molecular complexity index is 696. The Kier molecular flexibility index (Phi) is 5.09. The van der Waals surface area contributed by atoms with Crippen molar-refractivity contribution in [2.75, 3.05) is 46.0 Å². The third kappa shape index (κ3) is 4.06. The summed E-state index contributed by atoms with van der Waals surface area (Å²) in [5.74, 6) is 0.948. The van der Waals surface area contributed by atoms with Gasteiger partial charge in [0.1, 0.15) is 17.7 Å². The maximum atomic E-state index is 6.06. The summed E-state index contributed by atoms with van der Waals surface area (Å²) in [6.07, 6.45) is 1.68. The third-order valence-corrected chi connectivity index (χ3v) is 5.41. The molecule has 1 N–H and O–H groups in total. The summed E-state index contributed by atoms with van der Waals surface area (Å²) in [6, 6.07) is 4.02. The van der Waals surface area contributed by atoms with Crippen LogP contribution < -0.4 is 5.32 Å². The Labute approximate surface area is 150 Å². The number of ether oxygens (including phenoxy) is 2. The number of rotatable bonds is 4. The molecular weight excluding hydrogens is 342 g/mol. The summed E-state index contributed by atoms with van der Waals surface area (Å²) in [7, 11) is 1.92. The lowest BCUT2D eigenvalue weighted by atomic mass is 10.0. The van der Waals surface area contributed by atoms with E-state index in [0.29, 0.717) is 13.2 Å². The van der Waals surface area contributed by atoms with Gasteiger partial charge in [-0.1, -0.05) is 0 Å². The number of hydrogen-bond donors (Lipinski definition) is 1. The Morgan fingerprint density at radius 2 is 2.32 bits per heavy atom. The van der Waals surface area contributed by atoms with E-state index in [2.05, 4.69) is 20.4 Å². The molecule has 8 nitrogen and oxygen atoms in total. The zero-order valence-corrected chi connectivity index (χ0v) is 15.1. The largest absolute Gasteiger partial charge is 0.453 e. The van der Waals surface area contributed by atoms with Crippen LogP contribution in [0.15, 0.2) is 33.1 Å². The predicted octanol–water partition coefficient (Wildman–Crippen LogP) is 0.750. The number of nitrogens with zero attached hydrogens (tertiary/aromatic N) is 4. The van der Waals surface area contributed by atoms with Crippen molar-refractivity contribution in [1.29, 1.82) is 0 Å². The van der Waals surface area contributed by atoms with E-state index in [1.807, 2.05) is 23.7 Å². The first-order valence-electron chi connectivity index (χ1n) is 8.48. The van der Waals surface area contributed by atoms with Crippen molar-refractivity contribution in [2.24, 2.45) is 7.05 Å². The Hall–Kier alpha value is -1.39. The lowest BCUT2D eigenvalue weighted by Crippen LogP contribution is -2.57. The molecule has 2 aromatic heterocycles. The van der Waals surface area contributed by atoms with Gasteiger partial charge >= 0.3 is 0 Å². The molecule has 0 bridgehead atoms. The van der Waals surface area contributed by atoms with E-state index >= 15 is 0 Å². The van der Waals surface area contributed by atoms with Crippen LogP contribution >= 0.6 is 11.8 Å². The molecule has 0 amide bonds. The fourth-order valence-corrected chi connectivity index (χ4v) is 3.94. The van der Waals surface area contributed by atoms with Crippen LogP contribution in [0.25, 0.3) is 0 Å². The van der Waals surface area contributed by atoms with E-state index in [1.165, 1.54) is 11.8 Å². The fourth-order valence-electron chi connectivity index (χ4n) is 3.20. The summed E-state index contributed by atoms with van der Waals surface area (Å²) < 4.78 is 19.6. The first kappa shape index (κ1) is 17.0. The molecule has 4 heterocycles. The van der Waals surface area contributed by atoms with Crippen molar-refractivity contribution >= 4 is 11.8 Å². The van der Waals surface area contributed by atoms with Gasteiger partial charge in [-0.3, -0.25) is 4.90 Å². The molecule has 0 saturated carbocycles. The maximum Gasteiger partial charge on any atom is 0.198 e. The van der Waals surface area contributed by atoms with Gasteiger partial charge in [-0.25, -0.2) is 0 Å². The quantitative estimate of drug-likeness (QED) is 0.851. The van der Waals surface area contributed by atoms with E-state index in [1.54, 1.807) is 6.33 Å². The molecule has 1 atom stereocenters. The number of nitrogens with one attached hydrogen (secondary N) is 1. The normalized spacial score (nSPS) is 25.3. The van der Waals surface area contributed by atoms with Crippen LogP contribution in [0.2, 0.25) is 0 Å². The lowest BCUT2D eigenvalue weighted by Gasteiger charge is -2.41. The number of hydrogen-bond acceptors (Lipinski definition) is 8. The van der Waals surface area contributed by atoms with Gasteiger partial charge in [-0.2, -0.15) is 0 Å². The number of morpholine rings is 1. The summed E-state index contributed by atoms with van der Waals surface area (Å²) in [4.78, 5) is 2.37. The Morgan fingerprint density at radius 1 is 1.36 bits per heavy atom. The number of aryl methyl sites for hydroxylation is 1. The molecule has 4 rings (SSSR count). The molecule has 2 fully saturated rings. The second-order valence-electron chi connectivity index (χ2n) is 6.52. The standard InChI is InChI=1S/C16H23N5O3S/c1-20-12-18-19-15(20)25-14-3-2-13(24-14)8-21-5-7-23-16(10-21)9-17-4-6-22-11-16/h2-3,12,17H,4-11H2,1H3/t16-/m1/s1. The molecule has 136 valence electrons. The topological polar surface area (TPSA) is 77.6 Å². The molecule has 2 saturated heterocycles. The number of aromatic nitrogens is 3. The fraction of sp³-hybridized carbons (Fsp3) is 0.625. The molecule has 9 heteroatoms. The van der Waals surface area contributed by atoms with Crippen LogP contribution in [0.4, 0.5) is 0 Å². The summed E-state index contributed by atoms with van der Waals surface area (Å²) >= 11 is 1.48. The van der Waals surface area contributed by atoms with Gasteiger partial charge in [-0.05, 0) is 23.9 Å². The predicted molar refractivity (Wildman–Crippen MR) is 91.5 cm³/mol. The molecular formula is C16H23N5O3S. The first-order valence-corrected chi connectivity index (χ1v) is 9.29. The third-order valence-electron chi connectivity index (χ3n) is 4.44. The SMILES string of the molecule is Cn1cnnc1Sc1ccc(CN2CCO[C@]3(CNCCOC3)C2)o1. The van der Waals surface area contributed by atoms with E-state index in [4.69, 9.17) is 13.9 Å². The van der Waals surface area contributed by atoms with Gasteiger partial charge in [0.25, 0.3) is 0 Å². The summed E-state index contributed by atoms with van der Waals surface area (Å²) in [5.41, 5.74) is -0.252. The van der Waals surface area contributed by atoms with E-state index < -0.39 is 0 Å². The van der Waals surface area contributed by atoms with Crippen LogP contribution in [-0.2, 0) is 23.1 Å². The van der Waals surface area contributed by atoms with Crippen LogP contribution in [0.5, 0.6) is 0 Å². The summed E-state index contributed by atoms with van der Waals surface area (Å²) in [6.45, 7) is 6.31. The zero-order chi connectivity index (χ0) is 17.1. The minimum absolute atomic E-state index is 0.252. The van der Waals surface area contributed by atoms with Crippen LogP contribution in [0.1, 0.15) is 5.76 Å². The molecule has 0 unspecified atom stereocenters. The molecule has 0 radical (unpaired) electrons. The van der Waals surface area contributed by atoms with E-state index in [0.717, 1.165) is 55.3 Å². The van der Waals surface area contributed by atoms with E-state index in [9.17, 15) is 0 Å². The van der Waals surface area contributed by atoms with Gasteiger partial charge < -0.3 is 23.8 Å². The highest BCUT2D eigenvalue weighted by atomic mass is 32.2. The highest BCUT2D eigenvalue weighted by Crippen LogP contribution is 2.28.